The van der Waals surface area contributed by atoms with Gasteiger partial charge in [-0.2, -0.15) is 0 Å². The molecule has 1 aromatic carbocycles. The van der Waals surface area contributed by atoms with Gasteiger partial charge in [0.15, 0.2) is 0 Å². The summed E-state index contributed by atoms with van der Waals surface area (Å²) in [5.74, 6) is 0.412. The van der Waals surface area contributed by atoms with Crippen molar-refractivity contribution in [3.05, 3.63) is 34.9 Å². The smallest absolute Gasteiger partial charge is 0.228 e. The van der Waals surface area contributed by atoms with E-state index in [-0.39, 0.29) is 17.2 Å². The zero-order chi connectivity index (χ0) is 16.4. The van der Waals surface area contributed by atoms with Gasteiger partial charge in [0.2, 0.25) is 11.8 Å². The molecule has 1 saturated carbocycles. The van der Waals surface area contributed by atoms with Gasteiger partial charge in [0.05, 0.1) is 5.41 Å². The van der Waals surface area contributed by atoms with Gasteiger partial charge in [0.1, 0.15) is 0 Å². The lowest BCUT2D eigenvalue weighted by Crippen LogP contribution is -2.40. The topological polar surface area (TPSA) is 40.6 Å². The predicted molar refractivity (Wildman–Crippen MR) is 90.3 cm³/mol. The minimum Gasteiger partial charge on any atom is -0.343 e. The number of likely N-dealkylation sites (tertiary alicyclic amines) is 1. The van der Waals surface area contributed by atoms with Crippen molar-refractivity contribution in [1.82, 2.24) is 9.80 Å². The van der Waals surface area contributed by atoms with Crippen molar-refractivity contribution in [1.29, 1.82) is 0 Å². The molecule has 0 atom stereocenters. The highest BCUT2D eigenvalue weighted by atomic mass is 35.5. The lowest BCUT2D eigenvalue weighted by molar-refractivity contribution is -0.137. The number of carbonyl (C=O) groups excluding carboxylic acids is 2. The molecule has 1 aromatic rings. The van der Waals surface area contributed by atoms with Crippen molar-refractivity contribution in [3.63, 3.8) is 0 Å². The SMILES string of the molecule is CN(CCN1CCCC1=O)C(=O)C1(Cc2cccc(Cl)c2)CC1. The Morgan fingerprint density at radius 2 is 2.17 bits per heavy atom. The minimum absolute atomic E-state index is 0.198. The van der Waals surface area contributed by atoms with Gasteiger partial charge in [-0.1, -0.05) is 23.7 Å². The van der Waals surface area contributed by atoms with Gasteiger partial charge in [-0.25, -0.2) is 0 Å². The van der Waals surface area contributed by atoms with E-state index in [0.717, 1.165) is 37.8 Å². The molecule has 0 radical (unpaired) electrons. The second kappa shape index (κ2) is 6.52. The van der Waals surface area contributed by atoms with Crippen molar-refractivity contribution >= 4 is 23.4 Å². The average molecular weight is 335 g/mol. The normalized spacial score (nSPS) is 19.0. The molecule has 2 fully saturated rings. The molecule has 1 saturated heterocycles. The third-order valence-corrected chi connectivity index (χ3v) is 5.20. The Kier molecular flexibility index (Phi) is 4.62. The van der Waals surface area contributed by atoms with Crippen LogP contribution in [-0.2, 0) is 16.0 Å². The number of amides is 2. The summed E-state index contributed by atoms with van der Waals surface area (Å²) in [6.07, 6.45) is 4.21. The molecule has 5 heteroatoms. The van der Waals surface area contributed by atoms with Crippen LogP contribution in [0.3, 0.4) is 0 Å². The molecule has 2 amide bonds. The molecular formula is C18H23ClN2O2. The second-order valence-corrected chi connectivity index (χ2v) is 7.23. The van der Waals surface area contributed by atoms with E-state index < -0.39 is 0 Å². The highest BCUT2D eigenvalue weighted by Gasteiger charge is 2.50. The molecule has 3 rings (SSSR count). The fraction of sp³-hybridized carbons (Fsp3) is 0.556. The zero-order valence-electron chi connectivity index (χ0n) is 13.6. The Hall–Kier alpha value is -1.55. The number of hydrogen-bond acceptors (Lipinski definition) is 2. The van der Waals surface area contributed by atoms with Crippen molar-refractivity contribution in [3.8, 4) is 0 Å². The molecule has 0 unspecified atom stereocenters. The number of likely N-dealkylation sites (N-methyl/N-ethyl adjacent to an activating group) is 1. The monoisotopic (exact) mass is 334 g/mol. The quantitative estimate of drug-likeness (QED) is 0.802. The number of benzene rings is 1. The highest BCUT2D eigenvalue weighted by molar-refractivity contribution is 6.30. The molecule has 1 heterocycles. The van der Waals surface area contributed by atoms with Crippen LogP contribution in [0.5, 0.6) is 0 Å². The van der Waals surface area contributed by atoms with Crippen molar-refractivity contribution < 1.29 is 9.59 Å². The van der Waals surface area contributed by atoms with E-state index in [1.807, 2.05) is 36.2 Å². The van der Waals surface area contributed by atoms with Crippen LogP contribution in [0.2, 0.25) is 5.02 Å². The van der Waals surface area contributed by atoms with E-state index in [1.54, 1.807) is 4.90 Å². The number of hydrogen-bond donors (Lipinski definition) is 0. The molecule has 23 heavy (non-hydrogen) atoms. The van der Waals surface area contributed by atoms with Crippen LogP contribution in [0.15, 0.2) is 24.3 Å². The maximum Gasteiger partial charge on any atom is 0.228 e. The highest BCUT2D eigenvalue weighted by Crippen LogP contribution is 2.49. The first kappa shape index (κ1) is 16.3. The van der Waals surface area contributed by atoms with Crippen molar-refractivity contribution in [2.24, 2.45) is 5.41 Å². The van der Waals surface area contributed by atoms with Crippen LogP contribution in [0, 0.1) is 5.41 Å². The lowest BCUT2D eigenvalue weighted by atomic mass is 9.95. The first-order chi connectivity index (χ1) is 11.0. The molecule has 0 aromatic heterocycles. The van der Waals surface area contributed by atoms with Crippen LogP contribution in [0.4, 0.5) is 0 Å². The number of carbonyl (C=O) groups is 2. The fourth-order valence-electron chi connectivity index (χ4n) is 3.37. The molecule has 124 valence electrons. The largest absolute Gasteiger partial charge is 0.343 e. The second-order valence-electron chi connectivity index (χ2n) is 6.80. The van der Waals surface area contributed by atoms with Crippen molar-refractivity contribution in [2.45, 2.75) is 32.1 Å². The first-order valence-corrected chi connectivity index (χ1v) is 8.66. The Morgan fingerprint density at radius 1 is 1.39 bits per heavy atom. The predicted octanol–water partition coefficient (Wildman–Crippen LogP) is 2.74. The molecule has 1 aliphatic heterocycles. The lowest BCUT2D eigenvalue weighted by Gasteiger charge is -2.26. The molecule has 0 bridgehead atoms. The number of nitrogens with zero attached hydrogens (tertiary/aromatic N) is 2. The van der Waals surface area contributed by atoms with Gasteiger partial charge in [-0.15, -0.1) is 0 Å². The summed E-state index contributed by atoms with van der Waals surface area (Å²) in [4.78, 5) is 28.1. The summed E-state index contributed by atoms with van der Waals surface area (Å²) < 4.78 is 0. The Morgan fingerprint density at radius 3 is 2.78 bits per heavy atom. The van der Waals surface area contributed by atoms with E-state index in [9.17, 15) is 9.59 Å². The van der Waals surface area contributed by atoms with Crippen molar-refractivity contribution in [2.75, 3.05) is 26.7 Å². The minimum atomic E-state index is -0.256. The van der Waals surface area contributed by atoms with Gasteiger partial charge < -0.3 is 9.80 Å². The van der Waals surface area contributed by atoms with E-state index in [0.29, 0.717) is 24.5 Å². The maximum absolute atomic E-state index is 12.8. The van der Waals surface area contributed by atoms with E-state index >= 15 is 0 Å². The number of halogens is 1. The summed E-state index contributed by atoms with van der Waals surface area (Å²) in [5, 5.41) is 0.714. The summed E-state index contributed by atoms with van der Waals surface area (Å²) in [5.41, 5.74) is 0.862. The maximum atomic E-state index is 12.8. The summed E-state index contributed by atoms with van der Waals surface area (Å²) in [7, 11) is 1.85. The average Bonchev–Trinajstić information content (AvgIpc) is 3.18. The third-order valence-electron chi connectivity index (χ3n) is 4.96. The molecule has 4 nitrogen and oxygen atoms in total. The Balaban J connectivity index is 1.57. The third kappa shape index (κ3) is 3.69. The van der Waals surface area contributed by atoms with E-state index in [2.05, 4.69) is 0 Å². The van der Waals surface area contributed by atoms with Gasteiger partial charge >= 0.3 is 0 Å². The Labute approximate surface area is 142 Å². The molecule has 1 aliphatic carbocycles. The van der Waals surface area contributed by atoms with E-state index in [4.69, 9.17) is 11.6 Å². The molecule has 0 N–H and O–H groups in total. The van der Waals surface area contributed by atoms with Gasteiger partial charge in [-0.05, 0) is 43.4 Å². The Bertz CT molecular complexity index is 613. The van der Waals surface area contributed by atoms with Gasteiger partial charge in [0.25, 0.3) is 0 Å². The molecule has 0 spiro atoms. The van der Waals surface area contributed by atoms with Crippen LogP contribution in [-0.4, -0.2) is 48.3 Å². The summed E-state index contributed by atoms with van der Waals surface area (Å²) >= 11 is 6.04. The van der Waals surface area contributed by atoms with Crippen LogP contribution in [0.1, 0.15) is 31.2 Å². The summed E-state index contributed by atoms with van der Waals surface area (Å²) in [6.45, 7) is 2.09. The van der Waals surface area contributed by atoms with Crippen LogP contribution < -0.4 is 0 Å². The van der Waals surface area contributed by atoms with Gasteiger partial charge in [0, 0.05) is 38.1 Å². The molecular weight excluding hydrogens is 312 g/mol. The van der Waals surface area contributed by atoms with E-state index in [1.165, 1.54) is 0 Å². The fourth-order valence-corrected chi connectivity index (χ4v) is 3.59. The summed E-state index contributed by atoms with van der Waals surface area (Å²) in [6, 6.07) is 7.76. The molecule has 2 aliphatic rings. The number of rotatable bonds is 6. The van der Waals surface area contributed by atoms with Gasteiger partial charge in [-0.3, -0.25) is 9.59 Å². The van der Waals surface area contributed by atoms with Crippen LogP contribution in [0.25, 0.3) is 0 Å². The zero-order valence-corrected chi connectivity index (χ0v) is 14.3. The first-order valence-electron chi connectivity index (χ1n) is 8.28. The van der Waals surface area contributed by atoms with Crippen LogP contribution >= 0.6 is 11.6 Å². The standard InChI is InChI=1S/C18H23ClN2O2/c1-20(10-11-21-9-3-6-16(21)22)17(23)18(7-8-18)13-14-4-2-5-15(19)12-14/h2,4-5,12H,3,6-11,13H2,1H3.